The molecule has 0 unspecified atom stereocenters. The minimum absolute atomic E-state index is 0.0865. The van der Waals surface area contributed by atoms with Crippen LogP contribution in [0.15, 0.2) is 54.2 Å². The Bertz CT molecular complexity index is 1120. The Morgan fingerprint density at radius 3 is 2.79 bits per heavy atom. The standard InChI is InChI=1S/C24H28BN5O3/c1-24(33,15-31)19-5-3-9-29(13-19)12-18-8-7-16(10-22(18)32)20(27)14-30(28)21-6-2-4-17(11-26)23(21)25/h2,4-8,10,14,31-33H,3,9,12-13,15,27-28H2,1H3/b20-14-/t24-/m1/s1. The molecular weight excluding hydrogens is 417 g/mol. The van der Waals surface area contributed by atoms with Crippen LogP contribution in [0.25, 0.3) is 5.70 Å². The van der Waals surface area contributed by atoms with Gasteiger partial charge < -0.3 is 21.1 Å². The molecule has 0 aliphatic carbocycles. The summed E-state index contributed by atoms with van der Waals surface area (Å²) in [5, 5.41) is 40.7. The molecule has 0 bridgehead atoms. The molecular formula is C24H28BN5O3. The van der Waals surface area contributed by atoms with Gasteiger partial charge in [0.2, 0.25) is 0 Å². The number of phenols is 1. The Labute approximate surface area is 195 Å². The van der Waals surface area contributed by atoms with Gasteiger partial charge in [0.25, 0.3) is 0 Å². The highest BCUT2D eigenvalue weighted by Gasteiger charge is 2.28. The molecule has 0 saturated carbocycles. The zero-order valence-electron chi connectivity index (χ0n) is 18.6. The largest absolute Gasteiger partial charge is 0.508 e. The van der Waals surface area contributed by atoms with Crippen molar-refractivity contribution in [1.29, 1.82) is 5.26 Å². The van der Waals surface area contributed by atoms with E-state index >= 15 is 0 Å². The number of benzene rings is 2. The molecule has 0 fully saturated rings. The Balaban J connectivity index is 1.74. The summed E-state index contributed by atoms with van der Waals surface area (Å²) in [4.78, 5) is 2.10. The Hall–Kier alpha value is -3.29. The van der Waals surface area contributed by atoms with Crippen molar-refractivity contribution in [2.24, 2.45) is 11.6 Å². The number of aliphatic hydroxyl groups is 2. The molecule has 2 aromatic rings. The predicted octanol–water partition coefficient (Wildman–Crippen LogP) is 0.570. The van der Waals surface area contributed by atoms with Gasteiger partial charge in [-0.15, -0.1) is 0 Å². The molecule has 0 spiro atoms. The van der Waals surface area contributed by atoms with Gasteiger partial charge in [0, 0.05) is 42.5 Å². The molecule has 1 aliphatic heterocycles. The third-order valence-corrected chi connectivity index (χ3v) is 5.80. The molecule has 33 heavy (non-hydrogen) atoms. The first kappa shape index (κ1) is 24.4. The van der Waals surface area contributed by atoms with Crippen LogP contribution in [0.5, 0.6) is 5.75 Å². The topological polar surface area (TPSA) is 143 Å². The molecule has 1 atom stereocenters. The number of anilines is 1. The van der Waals surface area contributed by atoms with Crippen LogP contribution in [0.4, 0.5) is 5.69 Å². The fraction of sp³-hybridized carbons (Fsp3) is 0.292. The summed E-state index contributed by atoms with van der Waals surface area (Å²) in [7, 11) is 6.00. The van der Waals surface area contributed by atoms with Gasteiger partial charge in [0.1, 0.15) is 19.2 Å². The number of aromatic hydroxyl groups is 1. The number of nitrogens with two attached hydrogens (primary N) is 2. The molecule has 0 aromatic heterocycles. The number of aliphatic hydroxyl groups excluding tert-OH is 1. The van der Waals surface area contributed by atoms with Crippen LogP contribution in [0, 0.1) is 11.3 Å². The van der Waals surface area contributed by atoms with Crippen LogP contribution in [0.3, 0.4) is 0 Å². The number of hydrazine groups is 1. The van der Waals surface area contributed by atoms with Crippen molar-refractivity contribution in [2.75, 3.05) is 24.7 Å². The van der Waals surface area contributed by atoms with Gasteiger partial charge in [0.15, 0.2) is 0 Å². The lowest BCUT2D eigenvalue weighted by atomic mass is 9.89. The second-order valence-corrected chi connectivity index (χ2v) is 8.35. The molecule has 0 amide bonds. The molecule has 0 saturated heterocycles. The summed E-state index contributed by atoms with van der Waals surface area (Å²) >= 11 is 0. The summed E-state index contributed by atoms with van der Waals surface area (Å²) in [5.41, 5.74) is 8.30. The van der Waals surface area contributed by atoms with E-state index in [4.69, 9.17) is 24.7 Å². The van der Waals surface area contributed by atoms with Crippen molar-refractivity contribution >= 4 is 24.7 Å². The lowest BCUT2D eigenvalue weighted by Gasteiger charge is -2.33. The number of hydrogen-bond acceptors (Lipinski definition) is 8. The SMILES string of the molecule is [B]c1c(C#N)cccc1N(N)/C=C(\N)c1ccc(CN2CCC=C([C@](C)(O)CO)C2)c(O)c1. The van der Waals surface area contributed by atoms with Crippen molar-refractivity contribution in [3.8, 4) is 11.8 Å². The van der Waals surface area contributed by atoms with Gasteiger partial charge in [-0.1, -0.05) is 29.7 Å². The minimum atomic E-state index is -1.26. The molecule has 1 heterocycles. The highest BCUT2D eigenvalue weighted by atomic mass is 16.3. The fourth-order valence-corrected chi connectivity index (χ4v) is 3.72. The number of nitrogens with zero attached hydrogens (tertiary/aromatic N) is 3. The lowest BCUT2D eigenvalue weighted by molar-refractivity contribution is 0.0247. The molecule has 3 rings (SSSR count). The molecule has 7 N–H and O–H groups in total. The predicted molar refractivity (Wildman–Crippen MR) is 129 cm³/mol. The molecule has 2 radical (unpaired) electrons. The van der Waals surface area contributed by atoms with E-state index in [0.29, 0.717) is 41.2 Å². The Morgan fingerprint density at radius 2 is 2.12 bits per heavy atom. The maximum atomic E-state index is 10.6. The third kappa shape index (κ3) is 5.56. The van der Waals surface area contributed by atoms with Crippen LogP contribution < -0.4 is 22.0 Å². The van der Waals surface area contributed by atoms with E-state index in [1.54, 1.807) is 43.3 Å². The monoisotopic (exact) mass is 445 g/mol. The van der Waals surface area contributed by atoms with E-state index in [-0.39, 0.29) is 17.8 Å². The highest BCUT2D eigenvalue weighted by Crippen LogP contribution is 2.27. The van der Waals surface area contributed by atoms with Crippen LogP contribution >= 0.6 is 0 Å². The summed E-state index contributed by atoms with van der Waals surface area (Å²) in [6, 6.07) is 12.1. The maximum Gasteiger partial charge on any atom is 0.120 e. The van der Waals surface area contributed by atoms with E-state index in [9.17, 15) is 15.3 Å². The van der Waals surface area contributed by atoms with E-state index in [0.717, 1.165) is 18.5 Å². The number of phenolic OH excluding ortho intramolecular Hbond substituents is 1. The lowest BCUT2D eigenvalue weighted by Crippen LogP contribution is -2.40. The van der Waals surface area contributed by atoms with Crippen molar-refractivity contribution in [3.05, 3.63) is 70.9 Å². The number of hydrogen-bond donors (Lipinski definition) is 5. The zero-order valence-corrected chi connectivity index (χ0v) is 18.6. The first-order chi connectivity index (χ1) is 15.7. The average molecular weight is 445 g/mol. The van der Waals surface area contributed by atoms with Gasteiger partial charge in [-0.05, 0) is 37.1 Å². The third-order valence-electron chi connectivity index (χ3n) is 5.80. The molecule has 170 valence electrons. The summed E-state index contributed by atoms with van der Waals surface area (Å²) < 4.78 is 0. The number of nitriles is 1. The maximum absolute atomic E-state index is 10.6. The quantitative estimate of drug-likeness (QED) is 0.180. The van der Waals surface area contributed by atoms with E-state index in [1.165, 1.54) is 11.2 Å². The van der Waals surface area contributed by atoms with E-state index in [1.807, 2.05) is 12.1 Å². The molecule has 8 nitrogen and oxygen atoms in total. The molecule has 1 aliphatic rings. The Kier molecular flexibility index (Phi) is 7.46. The van der Waals surface area contributed by atoms with Crippen molar-refractivity contribution in [2.45, 2.75) is 25.5 Å². The van der Waals surface area contributed by atoms with Gasteiger partial charge in [-0.25, -0.2) is 5.84 Å². The fourth-order valence-electron chi connectivity index (χ4n) is 3.72. The Morgan fingerprint density at radius 1 is 1.36 bits per heavy atom. The van der Waals surface area contributed by atoms with Gasteiger partial charge >= 0.3 is 0 Å². The van der Waals surface area contributed by atoms with E-state index < -0.39 is 5.60 Å². The zero-order chi connectivity index (χ0) is 24.2. The summed E-state index contributed by atoms with van der Waals surface area (Å²) in [5.74, 6) is 6.17. The molecule has 2 aromatic carbocycles. The van der Waals surface area contributed by atoms with Crippen LogP contribution in [0.1, 0.15) is 30.0 Å². The minimum Gasteiger partial charge on any atom is -0.508 e. The first-order valence-electron chi connectivity index (χ1n) is 10.5. The summed E-state index contributed by atoms with van der Waals surface area (Å²) in [6.45, 7) is 3.01. The molecule has 9 heteroatoms. The van der Waals surface area contributed by atoms with E-state index in [2.05, 4.69) is 4.90 Å². The van der Waals surface area contributed by atoms with Crippen molar-refractivity contribution in [3.63, 3.8) is 0 Å². The number of rotatable bonds is 7. The highest BCUT2D eigenvalue weighted by molar-refractivity contribution is 6.37. The average Bonchev–Trinajstić information content (AvgIpc) is 2.80. The van der Waals surface area contributed by atoms with Crippen LogP contribution in [-0.4, -0.2) is 53.4 Å². The smallest absolute Gasteiger partial charge is 0.120 e. The summed E-state index contributed by atoms with van der Waals surface area (Å²) in [6.07, 6.45) is 4.18. The van der Waals surface area contributed by atoms with Crippen LogP contribution in [-0.2, 0) is 6.54 Å². The second-order valence-electron chi connectivity index (χ2n) is 8.35. The second kappa shape index (κ2) is 10.1. The first-order valence-corrected chi connectivity index (χ1v) is 10.5. The van der Waals surface area contributed by atoms with Gasteiger partial charge in [0.05, 0.1) is 24.1 Å². The van der Waals surface area contributed by atoms with Crippen molar-refractivity contribution < 1.29 is 15.3 Å². The van der Waals surface area contributed by atoms with Crippen LogP contribution in [0.2, 0.25) is 0 Å². The van der Waals surface area contributed by atoms with Gasteiger partial charge in [-0.2, -0.15) is 5.26 Å². The van der Waals surface area contributed by atoms with Crippen molar-refractivity contribution in [1.82, 2.24) is 4.90 Å². The normalized spacial score (nSPS) is 16.6. The van der Waals surface area contributed by atoms with Gasteiger partial charge in [-0.3, -0.25) is 9.91 Å².